The lowest BCUT2D eigenvalue weighted by atomic mass is 10.00. The van der Waals surface area contributed by atoms with Crippen LogP contribution in [0.25, 0.3) is 0 Å². The third-order valence-electron chi connectivity index (χ3n) is 3.01. The second-order valence-electron chi connectivity index (χ2n) is 4.31. The summed E-state index contributed by atoms with van der Waals surface area (Å²) < 4.78 is 5.29. The predicted molar refractivity (Wildman–Crippen MR) is 65.2 cm³/mol. The molecule has 0 bridgehead atoms. The Labute approximate surface area is 99.2 Å². The Bertz CT molecular complexity index is 549. The van der Waals surface area contributed by atoms with E-state index in [0.29, 0.717) is 6.01 Å². The SMILES string of the molecule is Cc1ccc2c(c1)CCCN2c1nnc(N)o1. The Hall–Kier alpha value is -2.04. The first-order chi connectivity index (χ1) is 8.24. The van der Waals surface area contributed by atoms with E-state index in [4.69, 9.17) is 10.2 Å². The van der Waals surface area contributed by atoms with Crippen molar-refractivity contribution in [3.63, 3.8) is 0 Å². The minimum atomic E-state index is 0.110. The van der Waals surface area contributed by atoms with E-state index >= 15 is 0 Å². The Kier molecular flexibility index (Phi) is 2.24. The average molecular weight is 230 g/mol. The summed E-state index contributed by atoms with van der Waals surface area (Å²) in [6, 6.07) is 6.99. The molecule has 0 spiro atoms. The van der Waals surface area contributed by atoms with Gasteiger partial charge in [0.15, 0.2) is 0 Å². The fourth-order valence-corrected chi connectivity index (χ4v) is 2.26. The van der Waals surface area contributed by atoms with Crippen molar-refractivity contribution < 1.29 is 4.42 Å². The molecule has 5 heteroatoms. The van der Waals surface area contributed by atoms with Gasteiger partial charge in [-0.3, -0.25) is 4.90 Å². The van der Waals surface area contributed by atoms with Crippen molar-refractivity contribution in [3.05, 3.63) is 29.3 Å². The highest BCUT2D eigenvalue weighted by Crippen LogP contribution is 2.33. The predicted octanol–water partition coefficient (Wildman–Crippen LogP) is 2.04. The Morgan fingerprint density at radius 1 is 1.35 bits per heavy atom. The maximum atomic E-state index is 5.46. The number of hydrogen-bond acceptors (Lipinski definition) is 5. The lowest BCUT2D eigenvalue weighted by Gasteiger charge is -2.27. The number of nitrogens with zero attached hydrogens (tertiary/aromatic N) is 3. The van der Waals surface area contributed by atoms with Crippen molar-refractivity contribution in [3.8, 4) is 0 Å². The van der Waals surface area contributed by atoms with Crippen LogP contribution in [0.4, 0.5) is 17.7 Å². The normalized spacial score (nSPS) is 14.8. The number of aromatic nitrogens is 2. The van der Waals surface area contributed by atoms with Gasteiger partial charge in [-0.2, -0.15) is 0 Å². The van der Waals surface area contributed by atoms with Gasteiger partial charge in [0.1, 0.15) is 0 Å². The van der Waals surface area contributed by atoms with Crippen LogP contribution in [-0.2, 0) is 6.42 Å². The second kappa shape index (κ2) is 3.76. The van der Waals surface area contributed by atoms with Gasteiger partial charge in [0, 0.05) is 12.2 Å². The van der Waals surface area contributed by atoms with E-state index in [2.05, 4.69) is 35.3 Å². The fourth-order valence-electron chi connectivity index (χ4n) is 2.26. The molecule has 0 radical (unpaired) electrons. The van der Waals surface area contributed by atoms with Gasteiger partial charge in [-0.15, -0.1) is 0 Å². The van der Waals surface area contributed by atoms with Crippen LogP contribution in [0.3, 0.4) is 0 Å². The molecular formula is C12H14N4O. The number of aryl methyl sites for hydroxylation is 2. The lowest BCUT2D eigenvalue weighted by molar-refractivity contribution is 0.559. The lowest BCUT2D eigenvalue weighted by Crippen LogP contribution is -2.24. The summed E-state index contributed by atoms with van der Waals surface area (Å²) in [5, 5.41) is 7.65. The largest absolute Gasteiger partial charge is 0.389 e. The van der Waals surface area contributed by atoms with Gasteiger partial charge in [-0.25, -0.2) is 0 Å². The van der Waals surface area contributed by atoms with Gasteiger partial charge in [0.25, 0.3) is 0 Å². The maximum absolute atomic E-state index is 5.46. The number of nitrogens with two attached hydrogens (primary N) is 1. The highest BCUT2D eigenvalue weighted by Gasteiger charge is 2.22. The topological polar surface area (TPSA) is 68.2 Å². The Morgan fingerprint density at radius 3 is 3.00 bits per heavy atom. The summed E-state index contributed by atoms with van der Waals surface area (Å²) in [7, 11) is 0. The minimum Gasteiger partial charge on any atom is -0.389 e. The molecule has 2 aromatic rings. The summed E-state index contributed by atoms with van der Waals surface area (Å²) in [4.78, 5) is 2.03. The van der Waals surface area contributed by atoms with Crippen LogP contribution in [0.2, 0.25) is 0 Å². The van der Waals surface area contributed by atoms with Crippen molar-refractivity contribution in [2.45, 2.75) is 19.8 Å². The van der Waals surface area contributed by atoms with Gasteiger partial charge in [-0.05, 0) is 31.4 Å². The van der Waals surface area contributed by atoms with Gasteiger partial charge >= 0.3 is 12.0 Å². The summed E-state index contributed by atoms with van der Waals surface area (Å²) in [6.07, 6.45) is 2.18. The maximum Gasteiger partial charge on any atom is 0.324 e. The molecule has 0 unspecified atom stereocenters. The van der Waals surface area contributed by atoms with E-state index in [-0.39, 0.29) is 6.01 Å². The van der Waals surface area contributed by atoms with Crippen LogP contribution in [0.1, 0.15) is 17.5 Å². The van der Waals surface area contributed by atoms with E-state index in [0.717, 1.165) is 25.1 Å². The second-order valence-corrected chi connectivity index (χ2v) is 4.31. The monoisotopic (exact) mass is 230 g/mol. The van der Waals surface area contributed by atoms with Crippen LogP contribution in [-0.4, -0.2) is 16.7 Å². The highest BCUT2D eigenvalue weighted by molar-refractivity contribution is 5.63. The fraction of sp³-hybridized carbons (Fsp3) is 0.333. The zero-order chi connectivity index (χ0) is 11.8. The third-order valence-corrected chi connectivity index (χ3v) is 3.01. The van der Waals surface area contributed by atoms with Crippen molar-refractivity contribution in [1.29, 1.82) is 0 Å². The quantitative estimate of drug-likeness (QED) is 0.812. The standard InChI is InChI=1S/C12H14N4O/c1-8-4-5-10-9(7-8)3-2-6-16(10)12-15-14-11(13)17-12/h4-5,7H,2-3,6H2,1H3,(H2,13,14). The third kappa shape index (κ3) is 1.73. The number of fused-ring (bicyclic) bond motifs is 1. The van der Waals surface area contributed by atoms with Gasteiger partial charge < -0.3 is 10.2 Å². The molecule has 0 saturated heterocycles. The molecule has 1 aromatic carbocycles. The molecule has 1 aliphatic heterocycles. The van der Waals surface area contributed by atoms with Crippen molar-refractivity contribution in [1.82, 2.24) is 10.2 Å². The molecule has 2 heterocycles. The van der Waals surface area contributed by atoms with Gasteiger partial charge in [-0.1, -0.05) is 27.9 Å². The zero-order valence-electron chi connectivity index (χ0n) is 9.68. The van der Waals surface area contributed by atoms with E-state index < -0.39 is 0 Å². The molecule has 1 aliphatic rings. The summed E-state index contributed by atoms with van der Waals surface area (Å²) in [6.45, 7) is 2.99. The van der Waals surface area contributed by atoms with Gasteiger partial charge in [0.05, 0.1) is 0 Å². The minimum absolute atomic E-state index is 0.110. The molecule has 0 aliphatic carbocycles. The molecule has 0 fully saturated rings. The first kappa shape index (κ1) is 10.1. The zero-order valence-corrected chi connectivity index (χ0v) is 9.68. The number of nitrogen functional groups attached to an aromatic ring is 1. The van der Waals surface area contributed by atoms with Crippen LogP contribution in [0.5, 0.6) is 0 Å². The Balaban J connectivity index is 2.05. The van der Waals surface area contributed by atoms with Crippen LogP contribution in [0.15, 0.2) is 22.6 Å². The number of rotatable bonds is 1. The number of hydrogen-bond donors (Lipinski definition) is 1. The van der Waals surface area contributed by atoms with Crippen molar-refractivity contribution in [2.75, 3.05) is 17.2 Å². The van der Waals surface area contributed by atoms with Crippen molar-refractivity contribution >= 4 is 17.7 Å². The van der Waals surface area contributed by atoms with Crippen molar-refractivity contribution in [2.24, 2.45) is 0 Å². The molecule has 0 atom stereocenters. The Morgan fingerprint density at radius 2 is 2.24 bits per heavy atom. The smallest absolute Gasteiger partial charge is 0.324 e. The van der Waals surface area contributed by atoms with E-state index in [1.807, 2.05) is 4.90 Å². The molecular weight excluding hydrogens is 216 g/mol. The van der Waals surface area contributed by atoms with E-state index in [9.17, 15) is 0 Å². The van der Waals surface area contributed by atoms with Crippen LogP contribution in [0, 0.1) is 6.92 Å². The molecule has 0 amide bonds. The average Bonchev–Trinajstić information content (AvgIpc) is 2.74. The van der Waals surface area contributed by atoms with Crippen LogP contribution < -0.4 is 10.6 Å². The first-order valence-corrected chi connectivity index (χ1v) is 5.70. The van der Waals surface area contributed by atoms with E-state index in [1.165, 1.54) is 11.1 Å². The molecule has 1 aromatic heterocycles. The van der Waals surface area contributed by atoms with E-state index in [1.54, 1.807) is 0 Å². The van der Waals surface area contributed by atoms with Crippen LogP contribution >= 0.6 is 0 Å². The molecule has 5 nitrogen and oxygen atoms in total. The van der Waals surface area contributed by atoms with Gasteiger partial charge in [0.2, 0.25) is 0 Å². The molecule has 88 valence electrons. The molecule has 0 saturated carbocycles. The summed E-state index contributed by atoms with van der Waals surface area (Å²) in [5.41, 5.74) is 9.21. The highest BCUT2D eigenvalue weighted by atomic mass is 16.4. The summed E-state index contributed by atoms with van der Waals surface area (Å²) >= 11 is 0. The first-order valence-electron chi connectivity index (χ1n) is 5.70. The molecule has 3 rings (SSSR count). The number of benzene rings is 1. The summed E-state index contributed by atoms with van der Waals surface area (Å²) in [5.74, 6) is 0. The molecule has 17 heavy (non-hydrogen) atoms. The number of anilines is 3. The molecule has 2 N–H and O–H groups in total.